The van der Waals surface area contributed by atoms with Crippen LogP contribution in [0, 0.1) is 0 Å². The Hall–Kier alpha value is -1.84. The molecule has 3 rings (SSSR count). The van der Waals surface area contributed by atoms with Crippen LogP contribution in [0.4, 0.5) is 5.69 Å². The maximum Gasteiger partial charge on any atom is 0.134 e. The highest BCUT2D eigenvalue weighted by atomic mass is 15.3. The molecule has 1 aliphatic rings. The first kappa shape index (κ1) is 11.3. The van der Waals surface area contributed by atoms with Crippen LogP contribution in [-0.2, 0) is 0 Å². The SMILES string of the molecule is Nc1cn(C2CCCCC2)nc1-c1ccccn1. The molecule has 0 aromatic carbocycles. The summed E-state index contributed by atoms with van der Waals surface area (Å²) < 4.78 is 2.04. The lowest BCUT2D eigenvalue weighted by atomic mass is 9.96. The molecule has 1 saturated carbocycles. The Labute approximate surface area is 107 Å². The molecule has 4 nitrogen and oxygen atoms in total. The second-order valence-corrected chi connectivity index (χ2v) is 4.92. The van der Waals surface area contributed by atoms with Gasteiger partial charge in [-0.25, -0.2) is 0 Å². The van der Waals surface area contributed by atoms with E-state index in [1.165, 1.54) is 32.1 Å². The number of nitrogen functional groups attached to an aromatic ring is 1. The Morgan fingerprint density at radius 1 is 1.17 bits per heavy atom. The molecule has 1 fully saturated rings. The van der Waals surface area contributed by atoms with E-state index in [-0.39, 0.29) is 0 Å². The number of hydrogen-bond donors (Lipinski definition) is 1. The highest BCUT2D eigenvalue weighted by Crippen LogP contribution is 2.30. The van der Waals surface area contributed by atoms with E-state index < -0.39 is 0 Å². The molecule has 2 aromatic rings. The van der Waals surface area contributed by atoms with E-state index >= 15 is 0 Å². The third-order valence-corrected chi connectivity index (χ3v) is 3.62. The maximum absolute atomic E-state index is 6.06. The van der Waals surface area contributed by atoms with E-state index in [4.69, 9.17) is 5.73 Å². The van der Waals surface area contributed by atoms with Gasteiger partial charge in [0.1, 0.15) is 5.69 Å². The number of aromatic nitrogens is 3. The molecule has 2 aromatic heterocycles. The van der Waals surface area contributed by atoms with Crippen molar-refractivity contribution in [1.82, 2.24) is 14.8 Å². The van der Waals surface area contributed by atoms with Gasteiger partial charge in [-0.1, -0.05) is 25.3 Å². The van der Waals surface area contributed by atoms with E-state index in [1.54, 1.807) is 6.20 Å². The van der Waals surface area contributed by atoms with Gasteiger partial charge in [-0.05, 0) is 25.0 Å². The van der Waals surface area contributed by atoms with Crippen molar-refractivity contribution in [2.45, 2.75) is 38.1 Å². The van der Waals surface area contributed by atoms with Crippen LogP contribution in [-0.4, -0.2) is 14.8 Å². The summed E-state index contributed by atoms with van der Waals surface area (Å²) in [5.74, 6) is 0. The van der Waals surface area contributed by atoms with Gasteiger partial charge in [-0.15, -0.1) is 0 Å². The molecule has 4 heteroatoms. The van der Waals surface area contributed by atoms with E-state index in [0.717, 1.165) is 17.1 Å². The topological polar surface area (TPSA) is 56.7 Å². The minimum atomic E-state index is 0.513. The monoisotopic (exact) mass is 242 g/mol. The summed E-state index contributed by atoms with van der Waals surface area (Å²) in [5, 5.41) is 4.63. The molecule has 18 heavy (non-hydrogen) atoms. The van der Waals surface area contributed by atoms with Crippen molar-refractivity contribution in [3.63, 3.8) is 0 Å². The smallest absolute Gasteiger partial charge is 0.134 e. The summed E-state index contributed by atoms with van der Waals surface area (Å²) in [5.41, 5.74) is 8.44. The molecular weight excluding hydrogens is 224 g/mol. The van der Waals surface area contributed by atoms with Crippen LogP contribution in [0.2, 0.25) is 0 Å². The Bertz CT molecular complexity index is 512. The summed E-state index contributed by atoms with van der Waals surface area (Å²) in [6.45, 7) is 0. The summed E-state index contributed by atoms with van der Waals surface area (Å²) in [4.78, 5) is 4.31. The zero-order valence-electron chi connectivity index (χ0n) is 10.4. The average molecular weight is 242 g/mol. The number of nitrogens with two attached hydrogens (primary N) is 1. The molecule has 0 saturated heterocycles. The lowest BCUT2D eigenvalue weighted by Gasteiger charge is -2.21. The van der Waals surface area contributed by atoms with E-state index in [2.05, 4.69) is 10.1 Å². The largest absolute Gasteiger partial charge is 0.396 e. The first-order valence-corrected chi connectivity index (χ1v) is 6.60. The van der Waals surface area contributed by atoms with Crippen molar-refractivity contribution in [3.8, 4) is 11.4 Å². The fraction of sp³-hybridized carbons (Fsp3) is 0.429. The van der Waals surface area contributed by atoms with Crippen LogP contribution in [0.15, 0.2) is 30.6 Å². The molecule has 0 aliphatic heterocycles. The second-order valence-electron chi connectivity index (χ2n) is 4.92. The van der Waals surface area contributed by atoms with Crippen molar-refractivity contribution >= 4 is 5.69 Å². The predicted molar refractivity (Wildman–Crippen MR) is 72.0 cm³/mol. The lowest BCUT2D eigenvalue weighted by Crippen LogP contribution is -2.13. The van der Waals surface area contributed by atoms with Crippen LogP contribution in [0.25, 0.3) is 11.4 Å². The Kier molecular flexibility index (Phi) is 3.00. The van der Waals surface area contributed by atoms with Crippen molar-refractivity contribution < 1.29 is 0 Å². The zero-order valence-corrected chi connectivity index (χ0v) is 10.4. The van der Waals surface area contributed by atoms with E-state index in [0.29, 0.717) is 6.04 Å². The molecule has 0 atom stereocenters. The maximum atomic E-state index is 6.06. The third-order valence-electron chi connectivity index (χ3n) is 3.62. The second kappa shape index (κ2) is 4.80. The number of pyridine rings is 1. The molecule has 0 radical (unpaired) electrons. The highest BCUT2D eigenvalue weighted by Gasteiger charge is 2.18. The van der Waals surface area contributed by atoms with Crippen LogP contribution in [0.3, 0.4) is 0 Å². The van der Waals surface area contributed by atoms with Crippen LogP contribution in [0.1, 0.15) is 38.1 Å². The van der Waals surface area contributed by atoms with Crippen molar-refractivity contribution in [1.29, 1.82) is 0 Å². The number of hydrogen-bond acceptors (Lipinski definition) is 3. The number of anilines is 1. The number of rotatable bonds is 2. The standard InChI is InChI=1S/C14H18N4/c15-12-10-18(11-6-2-1-3-7-11)17-14(12)13-8-4-5-9-16-13/h4-5,8-11H,1-3,6-7,15H2. The van der Waals surface area contributed by atoms with Gasteiger partial charge in [0.25, 0.3) is 0 Å². The molecule has 0 spiro atoms. The fourth-order valence-corrected chi connectivity index (χ4v) is 2.64. The Morgan fingerprint density at radius 3 is 2.72 bits per heavy atom. The molecule has 2 N–H and O–H groups in total. The highest BCUT2D eigenvalue weighted by molar-refractivity contribution is 5.68. The Morgan fingerprint density at radius 2 is 2.00 bits per heavy atom. The van der Waals surface area contributed by atoms with Gasteiger partial charge in [0.05, 0.1) is 17.4 Å². The van der Waals surface area contributed by atoms with Gasteiger partial charge in [0.2, 0.25) is 0 Å². The zero-order chi connectivity index (χ0) is 12.4. The molecule has 2 heterocycles. The van der Waals surface area contributed by atoms with E-state index in [1.807, 2.05) is 29.1 Å². The van der Waals surface area contributed by atoms with Gasteiger partial charge in [-0.3, -0.25) is 9.67 Å². The van der Waals surface area contributed by atoms with Gasteiger partial charge in [0, 0.05) is 12.4 Å². The van der Waals surface area contributed by atoms with Crippen molar-refractivity contribution in [2.24, 2.45) is 0 Å². The first-order chi connectivity index (χ1) is 8.84. The van der Waals surface area contributed by atoms with Crippen LogP contribution < -0.4 is 5.73 Å². The molecule has 94 valence electrons. The average Bonchev–Trinajstić information content (AvgIpc) is 2.83. The van der Waals surface area contributed by atoms with E-state index in [9.17, 15) is 0 Å². The van der Waals surface area contributed by atoms with Gasteiger partial charge >= 0.3 is 0 Å². The summed E-state index contributed by atoms with van der Waals surface area (Å²) >= 11 is 0. The van der Waals surface area contributed by atoms with Crippen molar-refractivity contribution in [3.05, 3.63) is 30.6 Å². The quantitative estimate of drug-likeness (QED) is 0.880. The predicted octanol–water partition coefficient (Wildman–Crippen LogP) is 3.03. The van der Waals surface area contributed by atoms with Gasteiger partial charge in [0.15, 0.2) is 0 Å². The lowest BCUT2D eigenvalue weighted by molar-refractivity contribution is 0.330. The fourth-order valence-electron chi connectivity index (χ4n) is 2.64. The summed E-state index contributed by atoms with van der Waals surface area (Å²) in [6, 6.07) is 6.32. The normalized spacial score (nSPS) is 16.9. The molecule has 1 aliphatic carbocycles. The van der Waals surface area contributed by atoms with Gasteiger partial charge < -0.3 is 5.73 Å². The van der Waals surface area contributed by atoms with Gasteiger partial charge in [-0.2, -0.15) is 5.10 Å². The minimum absolute atomic E-state index is 0.513. The molecule has 0 unspecified atom stereocenters. The minimum Gasteiger partial charge on any atom is -0.396 e. The number of nitrogens with zero attached hydrogens (tertiary/aromatic N) is 3. The molecule has 0 bridgehead atoms. The summed E-state index contributed by atoms with van der Waals surface area (Å²) in [6.07, 6.45) is 10.1. The Balaban J connectivity index is 1.91. The first-order valence-electron chi connectivity index (χ1n) is 6.60. The molecule has 0 amide bonds. The molecular formula is C14H18N4. The van der Waals surface area contributed by atoms with Crippen molar-refractivity contribution in [2.75, 3.05) is 5.73 Å². The van der Waals surface area contributed by atoms with Crippen LogP contribution >= 0.6 is 0 Å². The summed E-state index contributed by atoms with van der Waals surface area (Å²) in [7, 11) is 0. The third kappa shape index (κ3) is 2.10. The van der Waals surface area contributed by atoms with Crippen LogP contribution in [0.5, 0.6) is 0 Å².